The van der Waals surface area contributed by atoms with Gasteiger partial charge in [-0.3, -0.25) is 9.88 Å². The van der Waals surface area contributed by atoms with Crippen LogP contribution in [-0.4, -0.2) is 36.1 Å². The Balaban J connectivity index is 1.80. The third-order valence-corrected chi connectivity index (χ3v) is 4.57. The molecule has 1 aliphatic rings. The third-order valence-electron chi connectivity index (χ3n) is 3.87. The monoisotopic (exact) mass is 287 g/mol. The number of hydrogen-bond acceptors (Lipinski definition) is 4. The van der Waals surface area contributed by atoms with E-state index < -0.39 is 0 Å². The Labute approximate surface area is 124 Å². The summed E-state index contributed by atoms with van der Waals surface area (Å²) in [5.74, 6) is 0. The zero-order chi connectivity index (χ0) is 13.6. The number of pyridine rings is 1. The van der Waals surface area contributed by atoms with Crippen LogP contribution in [0.25, 0.3) is 0 Å². The summed E-state index contributed by atoms with van der Waals surface area (Å²) in [6, 6.07) is 8.91. The van der Waals surface area contributed by atoms with Crippen molar-refractivity contribution in [3.05, 3.63) is 52.5 Å². The fraction of sp³-hybridized carbons (Fsp3) is 0.438. The molecule has 0 spiro atoms. The lowest BCUT2D eigenvalue weighted by atomic mass is 10.0. The maximum absolute atomic E-state index is 4.51. The average Bonchev–Trinajstić information content (AvgIpc) is 2.88. The van der Waals surface area contributed by atoms with Gasteiger partial charge < -0.3 is 5.32 Å². The zero-order valence-electron chi connectivity index (χ0n) is 11.7. The normalized spacial score (nSPS) is 18.6. The second kappa shape index (κ2) is 6.97. The van der Waals surface area contributed by atoms with E-state index in [1.165, 1.54) is 24.2 Å². The van der Waals surface area contributed by atoms with Gasteiger partial charge in [-0.2, -0.15) is 11.3 Å². The van der Waals surface area contributed by atoms with Crippen LogP contribution in [0, 0.1) is 0 Å². The molecule has 2 aromatic rings. The number of hydrogen-bond donors (Lipinski definition) is 1. The Bertz CT molecular complexity index is 490. The van der Waals surface area contributed by atoms with Crippen molar-refractivity contribution in [3.8, 4) is 0 Å². The first-order valence-electron chi connectivity index (χ1n) is 7.30. The summed E-state index contributed by atoms with van der Waals surface area (Å²) in [5, 5.41) is 7.95. The summed E-state index contributed by atoms with van der Waals surface area (Å²) in [6.07, 6.45) is 4.12. The van der Waals surface area contributed by atoms with Gasteiger partial charge in [-0.05, 0) is 47.5 Å². The largest absolute Gasteiger partial charge is 0.315 e. The molecule has 20 heavy (non-hydrogen) atoms. The number of rotatable bonds is 4. The second-order valence-electron chi connectivity index (χ2n) is 5.24. The van der Waals surface area contributed by atoms with E-state index >= 15 is 0 Å². The lowest BCUT2D eigenvalue weighted by Gasteiger charge is -2.30. The Kier molecular flexibility index (Phi) is 4.79. The van der Waals surface area contributed by atoms with E-state index in [-0.39, 0.29) is 0 Å². The molecule has 1 atom stereocenters. The van der Waals surface area contributed by atoms with Gasteiger partial charge >= 0.3 is 0 Å². The van der Waals surface area contributed by atoms with Crippen LogP contribution >= 0.6 is 11.3 Å². The van der Waals surface area contributed by atoms with Crippen LogP contribution in [0.5, 0.6) is 0 Å². The Morgan fingerprint density at radius 3 is 3.05 bits per heavy atom. The molecule has 0 aliphatic carbocycles. The van der Waals surface area contributed by atoms with Crippen LogP contribution in [0.15, 0.2) is 41.2 Å². The summed E-state index contributed by atoms with van der Waals surface area (Å²) in [5.41, 5.74) is 2.61. The maximum Gasteiger partial charge on any atom is 0.0422 e. The highest BCUT2D eigenvalue weighted by Crippen LogP contribution is 2.26. The van der Waals surface area contributed by atoms with Gasteiger partial charge in [0.25, 0.3) is 0 Å². The molecule has 3 heterocycles. The summed E-state index contributed by atoms with van der Waals surface area (Å²) < 4.78 is 0. The molecule has 1 N–H and O–H groups in total. The Morgan fingerprint density at radius 1 is 1.25 bits per heavy atom. The van der Waals surface area contributed by atoms with Crippen LogP contribution < -0.4 is 5.32 Å². The molecule has 3 rings (SSSR count). The van der Waals surface area contributed by atoms with E-state index in [1.54, 1.807) is 11.3 Å². The minimum absolute atomic E-state index is 0.455. The number of nitrogens with zero attached hydrogens (tertiary/aromatic N) is 2. The van der Waals surface area contributed by atoms with Crippen LogP contribution in [0.3, 0.4) is 0 Å². The average molecular weight is 287 g/mol. The van der Waals surface area contributed by atoms with Crippen molar-refractivity contribution < 1.29 is 0 Å². The van der Waals surface area contributed by atoms with Crippen molar-refractivity contribution in [2.24, 2.45) is 0 Å². The van der Waals surface area contributed by atoms with E-state index in [2.05, 4.69) is 44.2 Å². The first-order valence-corrected chi connectivity index (χ1v) is 8.24. The van der Waals surface area contributed by atoms with Crippen molar-refractivity contribution in [3.63, 3.8) is 0 Å². The molecule has 3 nitrogen and oxygen atoms in total. The summed E-state index contributed by atoms with van der Waals surface area (Å²) in [6.45, 7) is 4.51. The van der Waals surface area contributed by atoms with Gasteiger partial charge in [0.05, 0.1) is 0 Å². The van der Waals surface area contributed by atoms with E-state index in [9.17, 15) is 0 Å². The topological polar surface area (TPSA) is 28.2 Å². The minimum Gasteiger partial charge on any atom is -0.315 e. The van der Waals surface area contributed by atoms with E-state index in [1.807, 2.05) is 12.3 Å². The number of nitrogens with one attached hydrogen (secondary N) is 1. The van der Waals surface area contributed by atoms with Crippen LogP contribution in [0.1, 0.15) is 23.7 Å². The van der Waals surface area contributed by atoms with E-state index in [0.29, 0.717) is 6.04 Å². The molecular weight excluding hydrogens is 266 g/mol. The molecule has 0 saturated carbocycles. The lowest BCUT2D eigenvalue weighted by molar-refractivity contribution is 0.208. The molecule has 0 aromatic carbocycles. The van der Waals surface area contributed by atoms with Crippen LogP contribution in [0.2, 0.25) is 0 Å². The molecule has 1 saturated heterocycles. The third kappa shape index (κ3) is 3.45. The first-order chi connectivity index (χ1) is 9.93. The highest BCUT2D eigenvalue weighted by molar-refractivity contribution is 7.07. The van der Waals surface area contributed by atoms with Crippen molar-refractivity contribution in [1.29, 1.82) is 0 Å². The number of thiophene rings is 1. The Hall–Kier alpha value is -1.23. The quantitative estimate of drug-likeness (QED) is 0.937. The van der Waals surface area contributed by atoms with Gasteiger partial charge in [0.1, 0.15) is 0 Å². The van der Waals surface area contributed by atoms with Gasteiger partial charge in [0, 0.05) is 44.0 Å². The SMILES string of the molecule is c1ccc(CC(c2ccsc2)N2CCCNCC2)nc1. The molecule has 2 aromatic heterocycles. The van der Waals surface area contributed by atoms with Crippen molar-refractivity contribution in [2.75, 3.05) is 26.2 Å². The summed E-state index contributed by atoms with van der Waals surface area (Å²) in [7, 11) is 0. The highest BCUT2D eigenvalue weighted by atomic mass is 32.1. The van der Waals surface area contributed by atoms with Crippen LogP contribution in [-0.2, 0) is 6.42 Å². The Morgan fingerprint density at radius 2 is 2.25 bits per heavy atom. The van der Waals surface area contributed by atoms with Crippen LogP contribution in [0.4, 0.5) is 0 Å². The minimum atomic E-state index is 0.455. The van der Waals surface area contributed by atoms with Gasteiger partial charge in [0.2, 0.25) is 0 Å². The fourth-order valence-electron chi connectivity index (χ4n) is 2.82. The molecule has 0 radical (unpaired) electrons. The van der Waals surface area contributed by atoms with Crippen molar-refractivity contribution in [2.45, 2.75) is 18.9 Å². The molecule has 0 amide bonds. The molecule has 106 valence electrons. The molecule has 1 fully saturated rings. The van der Waals surface area contributed by atoms with Crippen molar-refractivity contribution >= 4 is 11.3 Å². The molecular formula is C16H21N3S. The summed E-state index contributed by atoms with van der Waals surface area (Å²) >= 11 is 1.78. The summed E-state index contributed by atoms with van der Waals surface area (Å²) in [4.78, 5) is 7.12. The predicted molar refractivity (Wildman–Crippen MR) is 84.1 cm³/mol. The molecule has 1 unspecified atom stereocenters. The van der Waals surface area contributed by atoms with Crippen molar-refractivity contribution in [1.82, 2.24) is 15.2 Å². The number of aromatic nitrogens is 1. The zero-order valence-corrected chi connectivity index (χ0v) is 12.5. The second-order valence-corrected chi connectivity index (χ2v) is 6.02. The van der Waals surface area contributed by atoms with Gasteiger partial charge in [0.15, 0.2) is 0 Å². The van der Waals surface area contributed by atoms with E-state index in [4.69, 9.17) is 0 Å². The van der Waals surface area contributed by atoms with Gasteiger partial charge in [-0.1, -0.05) is 6.07 Å². The lowest BCUT2D eigenvalue weighted by Crippen LogP contribution is -2.33. The molecule has 0 bridgehead atoms. The van der Waals surface area contributed by atoms with Gasteiger partial charge in [-0.15, -0.1) is 0 Å². The first kappa shape index (κ1) is 13.7. The predicted octanol–water partition coefficient (Wildman–Crippen LogP) is 2.72. The standard InChI is InChI=1S/C16H21N3S/c1-2-7-18-15(4-1)12-16(14-5-11-20-13-14)19-9-3-6-17-8-10-19/h1-2,4-5,7,11,13,16-17H,3,6,8-10,12H2. The highest BCUT2D eigenvalue weighted by Gasteiger charge is 2.22. The molecule has 1 aliphatic heterocycles. The maximum atomic E-state index is 4.51. The fourth-order valence-corrected chi connectivity index (χ4v) is 3.52. The smallest absolute Gasteiger partial charge is 0.0422 e. The van der Waals surface area contributed by atoms with E-state index in [0.717, 1.165) is 26.1 Å². The molecule has 4 heteroatoms. The van der Waals surface area contributed by atoms with Gasteiger partial charge in [-0.25, -0.2) is 0 Å².